The van der Waals surface area contributed by atoms with Crippen molar-refractivity contribution in [1.29, 1.82) is 0 Å². The lowest BCUT2D eigenvalue weighted by atomic mass is 9.93. The Morgan fingerprint density at radius 1 is 1.22 bits per heavy atom. The Kier molecular flexibility index (Phi) is 8.43. The van der Waals surface area contributed by atoms with Gasteiger partial charge in [-0.1, -0.05) is 32.0 Å². The summed E-state index contributed by atoms with van der Waals surface area (Å²) in [5, 5.41) is 9.88. The second-order valence-corrected chi connectivity index (χ2v) is 7.60. The zero-order valence-electron chi connectivity index (χ0n) is 17.2. The Bertz CT molecular complexity index is 594. The molecule has 1 saturated heterocycles. The van der Waals surface area contributed by atoms with E-state index in [9.17, 15) is 4.79 Å². The number of hydrogen-bond acceptors (Lipinski definition) is 3. The van der Waals surface area contributed by atoms with Crippen LogP contribution in [0.1, 0.15) is 33.1 Å². The number of carbonyl (C=O) groups excluding carboxylic acids is 1. The van der Waals surface area contributed by atoms with Crippen molar-refractivity contribution in [2.75, 3.05) is 39.0 Å². The Labute approximate surface area is 163 Å². The van der Waals surface area contributed by atoms with E-state index in [0.29, 0.717) is 24.3 Å². The molecule has 1 aliphatic rings. The lowest BCUT2D eigenvalue weighted by Gasteiger charge is -2.35. The third-order valence-corrected chi connectivity index (χ3v) is 5.29. The van der Waals surface area contributed by atoms with Gasteiger partial charge in [0.15, 0.2) is 5.96 Å². The van der Waals surface area contributed by atoms with Crippen LogP contribution in [0.5, 0.6) is 0 Å². The average Bonchev–Trinajstić information content (AvgIpc) is 2.69. The molecule has 27 heavy (non-hydrogen) atoms. The van der Waals surface area contributed by atoms with Crippen LogP contribution in [-0.4, -0.2) is 56.5 Å². The Hall–Kier alpha value is -2.24. The number of benzene rings is 1. The summed E-state index contributed by atoms with van der Waals surface area (Å²) in [7, 11) is 3.55. The van der Waals surface area contributed by atoms with Crippen molar-refractivity contribution in [3.8, 4) is 0 Å². The van der Waals surface area contributed by atoms with Gasteiger partial charge in [-0.3, -0.25) is 9.79 Å². The minimum Gasteiger partial charge on any atom is -0.380 e. The molecule has 0 saturated carbocycles. The first-order valence-electron chi connectivity index (χ1n) is 10.0. The standard InChI is InChI=1S/C21H35N5O/c1-16(2)19(25-18-8-6-5-7-9-18)15-24-21(23-4)26-12-10-17(11-13-26)14-20(27)22-3/h5-9,16-17,19,25H,10-15H2,1-4H3,(H,22,27)(H,23,24). The van der Waals surface area contributed by atoms with E-state index in [-0.39, 0.29) is 5.91 Å². The molecule has 0 aliphatic carbocycles. The fourth-order valence-electron chi connectivity index (χ4n) is 3.45. The predicted octanol–water partition coefficient (Wildman–Crippen LogP) is 2.55. The highest BCUT2D eigenvalue weighted by molar-refractivity contribution is 5.80. The van der Waals surface area contributed by atoms with E-state index in [0.717, 1.165) is 44.1 Å². The molecule has 0 spiro atoms. The number of guanidine groups is 1. The molecule has 6 heteroatoms. The number of nitrogens with one attached hydrogen (secondary N) is 3. The number of aliphatic imine (C=N–C) groups is 1. The monoisotopic (exact) mass is 373 g/mol. The quantitative estimate of drug-likeness (QED) is 0.507. The molecule has 150 valence electrons. The van der Waals surface area contributed by atoms with E-state index in [1.54, 1.807) is 7.05 Å². The van der Waals surface area contributed by atoms with Gasteiger partial charge in [0.05, 0.1) is 0 Å². The number of piperidine rings is 1. The van der Waals surface area contributed by atoms with Crippen molar-refractivity contribution in [3.63, 3.8) is 0 Å². The maximum Gasteiger partial charge on any atom is 0.220 e. The maximum atomic E-state index is 11.6. The molecule has 1 atom stereocenters. The van der Waals surface area contributed by atoms with Crippen LogP contribution in [0.2, 0.25) is 0 Å². The highest BCUT2D eigenvalue weighted by Crippen LogP contribution is 2.20. The maximum absolute atomic E-state index is 11.6. The Morgan fingerprint density at radius 2 is 1.89 bits per heavy atom. The van der Waals surface area contributed by atoms with Gasteiger partial charge in [-0.25, -0.2) is 0 Å². The highest BCUT2D eigenvalue weighted by Gasteiger charge is 2.23. The predicted molar refractivity (Wildman–Crippen MR) is 113 cm³/mol. The molecule has 0 aromatic heterocycles. The summed E-state index contributed by atoms with van der Waals surface area (Å²) in [5.41, 5.74) is 1.14. The SMILES string of the molecule is CN=C(NCC(Nc1ccccc1)C(C)C)N1CCC(CC(=O)NC)CC1. The number of carbonyl (C=O) groups is 1. The van der Waals surface area contributed by atoms with Crippen molar-refractivity contribution in [2.24, 2.45) is 16.8 Å². The smallest absolute Gasteiger partial charge is 0.220 e. The molecule has 1 aliphatic heterocycles. The largest absolute Gasteiger partial charge is 0.380 e. The second-order valence-electron chi connectivity index (χ2n) is 7.60. The summed E-state index contributed by atoms with van der Waals surface area (Å²) in [6, 6.07) is 10.6. The zero-order valence-corrected chi connectivity index (χ0v) is 17.2. The second kappa shape index (κ2) is 10.8. The fourth-order valence-corrected chi connectivity index (χ4v) is 3.45. The summed E-state index contributed by atoms with van der Waals surface area (Å²) in [6.07, 6.45) is 2.70. The van der Waals surface area contributed by atoms with E-state index < -0.39 is 0 Å². The van der Waals surface area contributed by atoms with Gasteiger partial charge in [-0.2, -0.15) is 0 Å². The molecule has 3 N–H and O–H groups in total. The molecule has 0 bridgehead atoms. The normalized spacial score (nSPS) is 16.9. The highest BCUT2D eigenvalue weighted by atomic mass is 16.1. The lowest BCUT2D eigenvalue weighted by Crippen LogP contribution is -2.49. The van der Waals surface area contributed by atoms with Gasteiger partial charge < -0.3 is 20.9 Å². The lowest BCUT2D eigenvalue weighted by molar-refractivity contribution is -0.121. The van der Waals surface area contributed by atoms with Gasteiger partial charge in [-0.15, -0.1) is 0 Å². The fraction of sp³-hybridized carbons (Fsp3) is 0.619. The molecule has 1 aromatic rings. The minimum atomic E-state index is 0.141. The van der Waals surface area contributed by atoms with Gasteiger partial charge in [0.1, 0.15) is 0 Å². The Balaban J connectivity index is 1.84. The van der Waals surface area contributed by atoms with Gasteiger partial charge in [0, 0.05) is 51.9 Å². The number of rotatable bonds is 7. The van der Waals surface area contributed by atoms with Gasteiger partial charge in [0.2, 0.25) is 5.91 Å². The zero-order chi connectivity index (χ0) is 19.6. The number of hydrogen-bond donors (Lipinski definition) is 3. The number of nitrogens with zero attached hydrogens (tertiary/aromatic N) is 2. The van der Waals surface area contributed by atoms with Crippen molar-refractivity contribution in [1.82, 2.24) is 15.5 Å². The summed E-state index contributed by atoms with van der Waals surface area (Å²) < 4.78 is 0. The van der Waals surface area contributed by atoms with Gasteiger partial charge in [0.25, 0.3) is 0 Å². The number of amides is 1. The van der Waals surface area contributed by atoms with Crippen LogP contribution >= 0.6 is 0 Å². The molecular formula is C21H35N5O. The molecular weight excluding hydrogens is 338 g/mol. The third kappa shape index (κ3) is 6.77. The van der Waals surface area contributed by atoms with Crippen LogP contribution in [0.3, 0.4) is 0 Å². The molecule has 1 heterocycles. The first-order valence-corrected chi connectivity index (χ1v) is 10.0. The summed E-state index contributed by atoms with van der Waals surface area (Å²) >= 11 is 0. The van der Waals surface area contributed by atoms with Crippen LogP contribution in [-0.2, 0) is 4.79 Å². The molecule has 1 aromatic carbocycles. The van der Waals surface area contributed by atoms with E-state index in [4.69, 9.17) is 0 Å². The summed E-state index contributed by atoms with van der Waals surface area (Å²) in [4.78, 5) is 18.4. The Morgan fingerprint density at radius 3 is 2.44 bits per heavy atom. The van der Waals surface area contributed by atoms with Gasteiger partial charge in [-0.05, 0) is 36.8 Å². The van der Waals surface area contributed by atoms with Gasteiger partial charge >= 0.3 is 0 Å². The van der Waals surface area contributed by atoms with E-state index >= 15 is 0 Å². The van der Waals surface area contributed by atoms with E-state index in [2.05, 4.69) is 64.0 Å². The third-order valence-electron chi connectivity index (χ3n) is 5.29. The van der Waals surface area contributed by atoms with Crippen LogP contribution in [0, 0.1) is 11.8 Å². The van der Waals surface area contributed by atoms with Crippen molar-refractivity contribution in [3.05, 3.63) is 30.3 Å². The number of para-hydroxylation sites is 1. The van der Waals surface area contributed by atoms with Crippen molar-refractivity contribution < 1.29 is 4.79 Å². The molecule has 2 rings (SSSR count). The number of likely N-dealkylation sites (tertiary alicyclic amines) is 1. The average molecular weight is 374 g/mol. The van der Waals surface area contributed by atoms with Crippen LogP contribution in [0.4, 0.5) is 5.69 Å². The summed E-state index contributed by atoms with van der Waals surface area (Å²) in [6.45, 7) is 7.17. The van der Waals surface area contributed by atoms with E-state index in [1.165, 1.54) is 0 Å². The van der Waals surface area contributed by atoms with Crippen LogP contribution < -0.4 is 16.0 Å². The molecule has 6 nitrogen and oxygen atoms in total. The van der Waals surface area contributed by atoms with Crippen molar-refractivity contribution >= 4 is 17.6 Å². The molecule has 0 radical (unpaired) electrons. The number of anilines is 1. The summed E-state index contributed by atoms with van der Waals surface area (Å²) in [5.74, 6) is 2.06. The first kappa shape index (κ1) is 21.1. The minimum absolute atomic E-state index is 0.141. The van der Waals surface area contributed by atoms with E-state index in [1.807, 2.05) is 13.1 Å². The van der Waals surface area contributed by atoms with Crippen molar-refractivity contribution in [2.45, 2.75) is 39.2 Å². The molecule has 1 amide bonds. The van der Waals surface area contributed by atoms with Crippen LogP contribution in [0.25, 0.3) is 0 Å². The van der Waals surface area contributed by atoms with Crippen LogP contribution in [0.15, 0.2) is 35.3 Å². The topological polar surface area (TPSA) is 68.8 Å². The first-order chi connectivity index (χ1) is 13.0. The molecule has 1 fully saturated rings. The molecule has 1 unspecified atom stereocenters.